The van der Waals surface area contributed by atoms with Gasteiger partial charge in [0.05, 0.1) is 13.1 Å². The normalized spacial score (nSPS) is 19.7. The fraction of sp³-hybridized carbons (Fsp3) is 0.438. The largest absolute Gasteiger partial charge is 0.465 e. The second-order valence-electron chi connectivity index (χ2n) is 5.96. The van der Waals surface area contributed by atoms with Gasteiger partial charge in [0.1, 0.15) is 6.10 Å². The van der Waals surface area contributed by atoms with Crippen molar-refractivity contribution in [1.82, 2.24) is 10.2 Å². The van der Waals surface area contributed by atoms with Crippen LogP contribution in [0.2, 0.25) is 0 Å². The molecule has 1 aromatic carbocycles. The van der Waals surface area contributed by atoms with Crippen LogP contribution in [-0.4, -0.2) is 53.8 Å². The predicted octanol–water partition coefficient (Wildman–Crippen LogP) is 1.18. The fourth-order valence-corrected chi connectivity index (χ4v) is 2.97. The highest BCUT2D eigenvalue weighted by atomic mass is 16.6. The van der Waals surface area contributed by atoms with Gasteiger partial charge in [-0.1, -0.05) is 6.07 Å². The van der Waals surface area contributed by atoms with Gasteiger partial charge in [-0.05, 0) is 29.7 Å². The number of cyclic esters (lactones) is 1. The summed E-state index contributed by atoms with van der Waals surface area (Å²) in [5.41, 5.74) is 2.73. The van der Waals surface area contributed by atoms with E-state index in [1.807, 2.05) is 12.1 Å². The zero-order valence-corrected chi connectivity index (χ0v) is 13.3. The number of hydrogen-bond acceptors (Lipinski definition) is 4. The van der Waals surface area contributed by atoms with Gasteiger partial charge in [-0.25, -0.2) is 9.59 Å². The average Bonchev–Trinajstić information content (AvgIpc) is 2.92. The van der Waals surface area contributed by atoms with E-state index >= 15 is 0 Å². The summed E-state index contributed by atoms with van der Waals surface area (Å²) >= 11 is 0. The first-order valence-electron chi connectivity index (χ1n) is 7.76. The molecule has 0 saturated carbocycles. The maximum atomic E-state index is 12.0. The first kappa shape index (κ1) is 16.1. The third kappa shape index (κ3) is 3.27. The van der Waals surface area contributed by atoms with Crippen LogP contribution in [-0.2, 0) is 22.5 Å². The minimum absolute atomic E-state index is 0.165. The molecule has 0 spiro atoms. The van der Waals surface area contributed by atoms with E-state index in [-0.39, 0.29) is 18.6 Å². The van der Waals surface area contributed by atoms with Gasteiger partial charge >= 0.3 is 12.2 Å². The molecule has 1 fully saturated rings. The van der Waals surface area contributed by atoms with Gasteiger partial charge in [-0.3, -0.25) is 9.69 Å². The summed E-state index contributed by atoms with van der Waals surface area (Å²) in [7, 11) is 0. The Balaban J connectivity index is 1.71. The number of fused-ring (bicyclic) bond motifs is 1. The van der Waals surface area contributed by atoms with Crippen LogP contribution in [0.4, 0.5) is 15.3 Å². The van der Waals surface area contributed by atoms with E-state index in [1.165, 1.54) is 16.7 Å². The Labute approximate surface area is 139 Å². The van der Waals surface area contributed by atoms with E-state index in [0.717, 1.165) is 16.8 Å². The lowest BCUT2D eigenvalue weighted by atomic mass is 9.99. The van der Waals surface area contributed by atoms with Gasteiger partial charge < -0.3 is 20.1 Å². The van der Waals surface area contributed by atoms with Crippen molar-refractivity contribution in [2.75, 3.05) is 24.5 Å². The second kappa shape index (κ2) is 6.38. The Morgan fingerprint density at radius 3 is 2.88 bits per heavy atom. The highest BCUT2D eigenvalue weighted by Crippen LogP contribution is 2.27. The summed E-state index contributed by atoms with van der Waals surface area (Å²) in [6.07, 6.45) is -1.12. The molecule has 0 aliphatic carbocycles. The molecule has 0 radical (unpaired) electrons. The van der Waals surface area contributed by atoms with Crippen LogP contribution in [0.25, 0.3) is 0 Å². The zero-order valence-electron chi connectivity index (χ0n) is 13.3. The van der Waals surface area contributed by atoms with Crippen molar-refractivity contribution in [3.8, 4) is 0 Å². The standard InChI is InChI=1S/C16H19N3O5/c1-10(20)17-7-14-9-19(16(23)24-14)13-3-2-12-8-18(15(21)22)5-4-11(12)6-13/h2-3,6,14H,4-5,7-9H2,1H3,(H,17,20)(H,21,22)/t14-/m0/s1. The number of carbonyl (C=O) groups is 3. The lowest BCUT2D eigenvalue weighted by molar-refractivity contribution is -0.119. The van der Waals surface area contributed by atoms with Crippen LogP contribution >= 0.6 is 0 Å². The van der Waals surface area contributed by atoms with Crippen LogP contribution in [0, 0.1) is 0 Å². The third-order valence-electron chi connectivity index (χ3n) is 4.24. The van der Waals surface area contributed by atoms with Gasteiger partial charge in [0, 0.05) is 25.7 Å². The van der Waals surface area contributed by atoms with Gasteiger partial charge in [0.2, 0.25) is 5.91 Å². The van der Waals surface area contributed by atoms with E-state index in [2.05, 4.69) is 5.32 Å². The lowest BCUT2D eigenvalue weighted by Crippen LogP contribution is -2.35. The van der Waals surface area contributed by atoms with E-state index < -0.39 is 12.2 Å². The third-order valence-corrected chi connectivity index (χ3v) is 4.24. The van der Waals surface area contributed by atoms with Crippen LogP contribution < -0.4 is 10.2 Å². The summed E-state index contributed by atoms with van der Waals surface area (Å²) in [6.45, 7) is 2.88. The summed E-state index contributed by atoms with van der Waals surface area (Å²) in [5.74, 6) is -0.165. The van der Waals surface area contributed by atoms with Crippen molar-refractivity contribution in [2.24, 2.45) is 0 Å². The minimum Gasteiger partial charge on any atom is -0.465 e. The molecule has 0 aromatic heterocycles. The molecule has 1 aromatic rings. The lowest BCUT2D eigenvalue weighted by Gasteiger charge is -2.27. The van der Waals surface area contributed by atoms with E-state index in [4.69, 9.17) is 9.84 Å². The molecule has 3 amide bonds. The van der Waals surface area contributed by atoms with Crippen LogP contribution in [0.3, 0.4) is 0 Å². The molecular formula is C16H19N3O5. The number of nitrogens with zero attached hydrogens (tertiary/aromatic N) is 2. The Hall–Kier alpha value is -2.77. The predicted molar refractivity (Wildman–Crippen MR) is 84.9 cm³/mol. The van der Waals surface area contributed by atoms with Crippen LogP contribution in [0.15, 0.2) is 18.2 Å². The number of benzene rings is 1. The Bertz CT molecular complexity index is 690. The molecule has 0 unspecified atom stereocenters. The molecule has 24 heavy (non-hydrogen) atoms. The van der Waals surface area contributed by atoms with Crippen molar-refractivity contribution in [3.63, 3.8) is 0 Å². The van der Waals surface area contributed by atoms with Gasteiger partial charge in [-0.15, -0.1) is 0 Å². The Kier molecular flexibility index (Phi) is 4.28. The average molecular weight is 333 g/mol. The molecule has 1 atom stereocenters. The first-order chi connectivity index (χ1) is 11.4. The molecule has 0 bridgehead atoms. The monoisotopic (exact) mass is 333 g/mol. The maximum Gasteiger partial charge on any atom is 0.414 e. The van der Waals surface area contributed by atoms with Gasteiger partial charge in [-0.2, -0.15) is 0 Å². The molecule has 3 rings (SSSR count). The van der Waals surface area contributed by atoms with Crippen molar-refractivity contribution < 1.29 is 24.2 Å². The van der Waals surface area contributed by atoms with Crippen molar-refractivity contribution in [1.29, 1.82) is 0 Å². The SMILES string of the molecule is CC(=O)NC[C@H]1CN(c2ccc3c(c2)CCN(C(=O)O)C3)C(=O)O1. The maximum absolute atomic E-state index is 12.0. The number of anilines is 1. The van der Waals surface area contributed by atoms with Crippen LogP contribution in [0.5, 0.6) is 0 Å². The number of hydrogen-bond donors (Lipinski definition) is 2. The molecule has 8 heteroatoms. The van der Waals surface area contributed by atoms with Crippen molar-refractivity contribution in [3.05, 3.63) is 29.3 Å². The summed E-state index contributed by atoms with van der Waals surface area (Å²) in [6, 6.07) is 5.57. The van der Waals surface area contributed by atoms with E-state index in [1.54, 1.807) is 6.07 Å². The van der Waals surface area contributed by atoms with Crippen molar-refractivity contribution >= 4 is 23.8 Å². The topological polar surface area (TPSA) is 99.2 Å². The van der Waals surface area contributed by atoms with Gasteiger partial charge in [0.15, 0.2) is 0 Å². The highest BCUT2D eigenvalue weighted by Gasteiger charge is 2.33. The molecule has 2 N–H and O–H groups in total. The first-order valence-corrected chi connectivity index (χ1v) is 7.76. The molecule has 2 aliphatic heterocycles. The van der Waals surface area contributed by atoms with Crippen molar-refractivity contribution in [2.45, 2.75) is 26.0 Å². The molecule has 2 aliphatic rings. The quantitative estimate of drug-likeness (QED) is 0.865. The molecule has 2 heterocycles. The Morgan fingerprint density at radius 1 is 1.38 bits per heavy atom. The second-order valence-corrected chi connectivity index (χ2v) is 5.96. The number of carbonyl (C=O) groups excluding carboxylic acids is 2. The van der Waals surface area contributed by atoms with Gasteiger partial charge in [0.25, 0.3) is 0 Å². The number of nitrogens with one attached hydrogen (secondary N) is 1. The molecule has 128 valence electrons. The molecule has 8 nitrogen and oxygen atoms in total. The van der Waals surface area contributed by atoms with Crippen LogP contribution in [0.1, 0.15) is 18.1 Å². The Morgan fingerprint density at radius 2 is 2.17 bits per heavy atom. The highest BCUT2D eigenvalue weighted by molar-refractivity contribution is 5.90. The number of rotatable bonds is 3. The molecule has 1 saturated heterocycles. The zero-order chi connectivity index (χ0) is 17.3. The number of amides is 3. The minimum atomic E-state index is -0.923. The fourth-order valence-electron chi connectivity index (χ4n) is 2.97. The van der Waals surface area contributed by atoms with E-state index in [9.17, 15) is 14.4 Å². The molecular weight excluding hydrogens is 314 g/mol. The number of carboxylic acid groups (broad SMARTS) is 1. The summed E-state index contributed by atoms with van der Waals surface area (Å²) in [5, 5.41) is 11.7. The smallest absolute Gasteiger partial charge is 0.414 e. The van der Waals surface area contributed by atoms with E-state index in [0.29, 0.717) is 26.1 Å². The summed E-state index contributed by atoms with van der Waals surface area (Å²) in [4.78, 5) is 37.0. The number of ether oxygens (including phenoxy) is 1. The summed E-state index contributed by atoms with van der Waals surface area (Å²) < 4.78 is 5.26.